The van der Waals surface area contributed by atoms with E-state index >= 15 is 0 Å². The Morgan fingerprint density at radius 2 is 2.36 bits per heavy atom. The van der Waals surface area contributed by atoms with E-state index in [1.54, 1.807) is 18.3 Å². The molecule has 3 heteroatoms. The van der Waals surface area contributed by atoms with Crippen LogP contribution in [0.1, 0.15) is 15.9 Å². The highest BCUT2D eigenvalue weighted by molar-refractivity contribution is 5.92. The molecule has 0 radical (unpaired) electrons. The third kappa shape index (κ3) is 1.64. The highest BCUT2D eigenvalue weighted by atomic mass is 16.1. The molecule has 0 saturated carbocycles. The number of hydrogen-bond acceptors (Lipinski definition) is 2. The lowest BCUT2D eigenvalue weighted by atomic mass is 10.2. The van der Waals surface area contributed by atoms with Crippen LogP contribution in [-0.2, 0) is 0 Å². The average Bonchev–Trinajstić information content (AvgIpc) is 2.05. The van der Waals surface area contributed by atoms with Gasteiger partial charge in [-0.05, 0) is 11.6 Å². The molecule has 1 rings (SSSR count). The van der Waals surface area contributed by atoms with Gasteiger partial charge in [0.1, 0.15) is 0 Å². The molecular weight excluding hydrogens is 140 g/mol. The van der Waals surface area contributed by atoms with E-state index in [1.165, 1.54) is 6.20 Å². The summed E-state index contributed by atoms with van der Waals surface area (Å²) in [7, 11) is 0. The zero-order valence-corrected chi connectivity index (χ0v) is 5.95. The summed E-state index contributed by atoms with van der Waals surface area (Å²) in [6, 6.07) is 1.64. The molecule has 0 aromatic carbocycles. The molecule has 0 aliphatic rings. The molecule has 0 unspecified atom stereocenters. The van der Waals surface area contributed by atoms with Crippen LogP contribution in [0.3, 0.4) is 0 Å². The third-order valence-corrected chi connectivity index (χ3v) is 1.28. The Kier molecular flexibility index (Phi) is 2.01. The van der Waals surface area contributed by atoms with Crippen molar-refractivity contribution in [3.8, 4) is 0 Å². The van der Waals surface area contributed by atoms with Crippen molar-refractivity contribution in [1.29, 1.82) is 0 Å². The lowest BCUT2D eigenvalue weighted by molar-refractivity contribution is 0.1000. The van der Waals surface area contributed by atoms with E-state index in [-0.39, 0.29) is 0 Å². The molecule has 1 heterocycles. The van der Waals surface area contributed by atoms with E-state index in [2.05, 4.69) is 11.6 Å². The second-order valence-electron chi connectivity index (χ2n) is 2.08. The van der Waals surface area contributed by atoms with Crippen LogP contribution in [-0.4, -0.2) is 10.9 Å². The second-order valence-corrected chi connectivity index (χ2v) is 2.08. The van der Waals surface area contributed by atoms with Crippen LogP contribution in [0, 0.1) is 0 Å². The molecule has 11 heavy (non-hydrogen) atoms. The van der Waals surface area contributed by atoms with Crippen molar-refractivity contribution < 1.29 is 4.79 Å². The van der Waals surface area contributed by atoms with Gasteiger partial charge >= 0.3 is 0 Å². The van der Waals surface area contributed by atoms with E-state index < -0.39 is 5.91 Å². The molecule has 2 N–H and O–H groups in total. The van der Waals surface area contributed by atoms with Crippen LogP contribution in [0.5, 0.6) is 0 Å². The number of aromatic nitrogens is 1. The minimum Gasteiger partial charge on any atom is -0.366 e. The standard InChI is InChI=1S/C8H8N2O/c1-2-6-3-7(8(9)11)5-10-4-6/h2-5H,1H2,(H2,9,11). The maximum atomic E-state index is 10.6. The Morgan fingerprint density at radius 1 is 1.64 bits per heavy atom. The number of hydrogen-bond donors (Lipinski definition) is 1. The van der Waals surface area contributed by atoms with E-state index in [4.69, 9.17) is 5.73 Å². The average molecular weight is 148 g/mol. The number of carbonyl (C=O) groups is 1. The predicted molar refractivity (Wildman–Crippen MR) is 42.8 cm³/mol. The summed E-state index contributed by atoms with van der Waals surface area (Å²) in [6.45, 7) is 3.54. The minimum absolute atomic E-state index is 0.405. The number of nitrogens with two attached hydrogens (primary N) is 1. The lowest BCUT2D eigenvalue weighted by Gasteiger charge is -1.94. The number of rotatable bonds is 2. The zero-order chi connectivity index (χ0) is 8.27. The van der Waals surface area contributed by atoms with Gasteiger partial charge in [0.05, 0.1) is 5.56 Å². The molecule has 0 bridgehead atoms. The zero-order valence-electron chi connectivity index (χ0n) is 5.95. The molecule has 1 aromatic rings. The summed E-state index contributed by atoms with van der Waals surface area (Å²) in [4.78, 5) is 14.4. The summed E-state index contributed by atoms with van der Waals surface area (Å²) in [5.41, 5.74) is 6.22. The first-order chi connectivity index (χ1) is 5.24. The van der Waals surface area contributed by atoms with E-state index in [0.717, 1.165) is 5.56 Å². The van der Waals surface area contributed by atoms with Crippen molar-refractivity contribution in [2.75, 3.05) is 0 Å². The fourth-order valence-electron chi connectivity index (χ4n) is 0.704. The fraction of sp³-hybridized carbons (Fsp3) is 0. The van der Waals surface area contributed by atoms with Crippen molar-refractivity contribution in [3.05, 3.63) is 36.2 Å². The molecule has 1 aromatic heterocycles. The summed E-state index contributed by atoms with van der Waals surface area (Å²) < 4.78 is 0. The Hall–Kier alpha value is -1.64. The Labute approximate surface area is 64.6 Å². The molecule has 0 spiro atoms. The summed E-state index contributed by atoms with van der Waals surface area (Å²) in [5.74, 6) is -0.471. The van der Waals surface area contributed by atoms with Gasteiger partial charge in [-0.3, -0.25) is 9.78 Å². The van der Waals surface area contributed by atoms with E-state index in [9.17, 15) is 4.79 Å². The second kappa shape index (κ2) is 2.96. The normalized spacial score (nSPS) is 9.09. The first-order valence-corrected chi connectivity index (χ1v) is 3.11. The molecule has 0 aliphatic carbocycles. The molecule has 56 valence electrons. The first kappa shape index (κ1) is 7.47. The van der Waals surface area contributed by atoms with Gasteiger partial charge in [-0.25, -0.2) is 0 Å². The number of nitrogens with zero attached hydrogens (tertiary/aromatic N) is 1. The SMILES string of the molecule is C=Cc1cncc(C(N)=O)c1. The molecule has 0 aliphatic heterocycles. The largest absolute Gasteiger partial charge is 0.366 e. The highest BCUT2D eigenvalue weighted by Gasteiger charge is 1.98. The smallest absolute Gasteiger partial charge is 0.250 e. The monoisotopic (exact) mass is 148 g/mol. The Morgan fingerprint density at radius 3 is 2.91 bits per heavy atom. The first-order valence-electron chi connectivity index (χ1n) is 3.11. The van der Waals surface area contributed by atoms with Gasteiger partial charge in [-0.15, -0.1) is 0 Å². The van der Waals surface area contributed by atoms with Crippen LogP contribution in [0.25, 0.3) is 6.08 Å². The Balaban J connectivity index is 3.10. The van der Waals surface area contributed by atoms with Crippen LogP contribution >= 0.6 is 0 Å². The van der Waals surface area contributed by atoms with Crippen molar-refractivity contribution in [1.82, 2.24) is 4.98 Å². The van der Waals surface area contributed by atoms with Crippen LogP contribution < -0.4 is 5.73 Å². The third-order valence-electron chi connectivity index (χ3n) is 1.28. The number of amides is 1. The van der Waals surface area contributed by atoms with Crippen molar-refractivity contribution >= 4 is 12.0 Å². The van der Waals surface area contributed by atoms with Crippen LogP contribution in [0.15, 0.2) is 25.0 Å². The van der Waals surface area contributed by atoms with Crippen molar-refractivity contribution in [3.63, 3.8) is 0 Å². The fourth-order valence-corrected chi connectivity index (χ4v) is 0.704. The van der Waals surface area contributed by atoms with Gasteiger partial charge in [-0.2, -0.15) is 0 Å². The molecular formula is C8H8N2O. The Bertz CT molecular complexity index is 294. The topological polar surface area (TPSA) is 56.0 Å². The van der Waals surface area contributed by atoms with E-state index in [0.29, 0.717) is 5.56 Å². The maximum absolute atomic E-state index is 10.6. The lowest BCUT2D eigenvalue weighted by Crippen LogP contribution is -2.11. The van der Waals surface area contributed by atoms with Crippen LogP contribution in [0.4, 0.5) is 0 Å². The number of carbonyl (C=O) groups excluding carboxylic acids is 1. The van der Waals surface area contributed by atoms with Gasteiger partial charge in [0.15, 0.2) is 0 Å². The van der Waals surface area contributed by atoms with Gasteiger partial charge < -0.3 is 5.73 Å². The number of pyridine rings is 1. The molecule has 0 fully saturated rings. The van der Waals surface area contributed by atoms with Crippen molar-refractivity contribution in [2.24, 2.45) is 5.73 Å². The molecule has 3 nitrogen and oxygen atoms in total. The van der Waals surface area contributed by atoms with Gasteiger partial charge in [0, 0.05) is 12.4 Å². The summed E-state index contributed by atoms with van der Waals surface area (Å²) in [6.07, 6.45) is 4.65. The summed E-state index contributed by atoms with van der Waals surface area (Å²) >= 11 is 0. The molecule has 1 amide bonds. The molecule has 0 atom stereocenters. The van der Waals surface area contributed by atoms with Crippen LogP contribution in [0.2, 0.25) is 0 Å². The predicted octanol–water partition coefficient (Wildman–Crippen LogP) is 0.824. The number of primary amides is 1. The highest BCUT2D eigenvalue weighted by Crippen LogP contribution is 2.02. The molecule has 0 saturated heterocycles. The van der Waals surface area contributed by atoms with Gasteiger partial charge in [0.2, 0.25) is 5.91 Å². The minimum atomic E-state index is -0.471. The van der Waals surface area contributed by atoms with E-state index in [1.807, 2.05) is 0 Å². The summed E-state index contributed by atoms with van der Waals surface area (Å²) in [5, 5.41) is 0. The van der Waals surface area contributed by atoms with Gasteiger partial charge in [0.25, 0.3) is 0 Å². The maximum Gasteiger partial charge on any atom is 0.250 e. The van der Waals surface area contributed by atoms with Crippen molar-refractivity contribution in [2.45, 2.75) is 0 Å². The quantitative estimate of drug-likeness (QED) is 0.675. The van der Waals surface area contributed by atoms with Gasteiger partial charge in [-0.1, -0.05) is 12.7 Å².